The van der Waals surface area contributed by atoms with Gasteiger partial charge >= 0.3 is 0 Å². The van der Waals surface area contributed by atoms with Gasteiger partial charge in [0.2, 0.25) is 11.7 Å². The highest BCUT2D eigenvalue weighted by atomic mass is 16.5. The van der Waals surface area contributed by atoms with Gasteiger partial charge in [-0.2, -0.15) is 10.1 Å². The van der Waals surface area contributed by atoms with Crippen molar-refractivity contribution in [3.63, 3.8) is 0 Å². The maximum Gasteiger partial charge on any atom is 0.241 e. The normalized spacial score (nSPS) is 11.3. The standard InChI is InChI=1S/C24H22N6O2/c1-30(15-22-27-24(29-32-22)19-4-3-9-25-12-19)14-20-13-26-28-23(20)18-6-5-17-11-21(31-2)8-7-16(17)10-18/h3-13H,14-15H2,1-2H3,(H,26,28). The Morgan fingerprint density at radius 1 is 1.00 bits per heavy atom. The van der Waals surface area contributed by atoms with Crippen LogP contribution in [0.3, 0.4) is 0 Å². The first-order chi connectivity index (χ1) is 15.7. The van der Waals surface area contributed by atoms with Crippen LogP contribution in [0.5, 0.6) is 5.75 Å². The van der Waals surface area contributed by atoms with Gasteiger partial charge in [0, 0.05) is 35.6 Å². The van der Waals surface area contributed by atoms with E-state index in [1.54, 1.807) is 19.5 Å². The quantitative estimate of drug-likeness (QED) is 0.414. The number of nitrogens with one attached hydrogen (secondary N) is 1. The van der Waals surface area contributed by atoms with Gasteiger partial charge in [-0.05, 0) is 48.2 Å². The van der Waals surface area contributed by atoms with E-state index in [0.29, 0.717) is 24.8 Å². The third-order valence-electron chi connectivity index (χ3n) is 5.29. The molecular formula is C24H22N6O2. The number of aromatic nitrogens is 5. The number of pyridine rings is 1. The van der Waals surface area contributed by atoms with E-state index in [2.05, 4.69) is 54.5 Å². The van der Waals surface area contributed by atoms with Crippen molar-refractivity contribution >= 4 is 10.8 Å². The van der Waals surface area contributed by atoms with Crippen LogP contribution in [0.4, 0.5) is 0 Å². The molecule has 32 heavy (non-hydrogen) atoms. The van der Waals surface area contributed by atoms with E-state index >= 15 is 0 Å². The Labute approximate surface area is 184 Å². The summed E-state index contributed by atoms with van der Waals surface area (Å²) in [5.74, 6) is 1.94. The fraction of sp³-hybridized carbons (Fsp3) is 0.167. The van der Waals surface area contributed by atoms with Crippen molar-refractivity contribution < 1.29 is 9.26 Å². The molecule has 5 aromatic rings. The van der Waals surface area contributed by atoms with Gasteiger partial charge in [-0.3, -0.25) is 15.0 Å². The van der Waals surface area contributed by atoms with Crippen LogP contribution < -0.4 is 4.74 Å². The van der Waals surface area contributed by atoms with E-state index in [0.717, 1.165) is 38.9 Å². The zero-order valence-corrected chi connectivity index (χ0v) is 17.8. The van der Waals surface area contributed by atoms with Crippen LogP contribution >= 0.6 is 0 Å². The summed E-state index contributed by atoms with van der Waals surface area (Å²) in [7, 11) is 3.69. The summed E-state index contributed by atoms with van der Waals surface area (Å²) in [6.07, 6.45) is 5.29. The Kier molecular flexibility index (Phi) is 5.35. The molecule has 0 radical (unpaired) electrons. The van der Waals surface area contributed by atoms with E-state index in [1.807, 2.05) is 37.5 Å². The number of methoxy groups -OCH3 is 1. The van der Waals surface area contributed by atoms with Crippen LogP contribution in [0.25, 0.3) is 33.4 Å². The predicted octanol–water partition coefficient (Wildman–Crippen LogP) is 4.32. The number of fused-ring (bicyclic) bond motifs is 1. The van der Waals surface area contributed by atoms with Crippen molar-refractivity contribution in [3.05, 3.63) is 78.6 Å². The number of ether oxygens (including phenoxy) is 1. The molecular weight excluding hydrogens is 404 g/mol. The van der Waals surface area contributed by atoms with Gasteiger partial charge in [0.1, 0.15) is 5.75 Å². The number of aromatic amines is 1. The SMILES string of the molecule is COc1ccc2cc(-c3[nH]ncc3CN(C)Cc3nc(-c4cccnc4)no3)ccc2c1. The number of benzene rings is 2. The molecule has 0 saturated carbocycles. The number of H-pyrrole nitrogens is 1. The molecule has 0 aliphatic rings. The Hall–Kier alpha value is -4.04. The summed E-state index contributed by atoms with van der Waals surface area (Å²) in [5.41, 5.74) is 4.00. The van der Waals surface area contributed by atoms with Crippen molar-refractivity contribution in [1.29, 1.82) is 0 Å². The largest absolute Gasteiger partial charge is 0.497 e. The second kappa shape index (κ2) is 8.60. The number of hydrogen-bond acceptors (Lipinski definition) is 7. The molecule has 0 aliphatic carbocycles. The van der Waals surface area contributed by atoms with Gasteiger partial charge in [-0.1, -0.05) is 23.4 Å². The maximum atomic E-state index is 5.43. The summed E-state index contributed by atoms with van der Waals surface area (Å²) < 4.78 is 10.7. The summed E-state index contributed by atoms with van der Waals surface area (Å²) in [5, 5.41) is 13.8. The van der Waals surface area contributed by atoms with Gasteiger partial charge in [0.25, 0.3) is 0 Å². The summed E-state index contributed by atoms with van der Waals surface area (Å²) >= 11 is 0. The minimum absolute atomic E-state index is 0.523. The van der Waals surface area contributed by atoms with E-state index < -0.39 is 0 Å². The molecule has 0 bridgehead atoms. The first-order valence-corrected chi connectivity index (χ1v) is 10.2. The third-order valence-corrected chi connectivity index (χ3v) is 5.29. The zero-order chi connectivity index (χ0) is 21.9. The Morgan fingerprint density at radius 2 is 1.88 bits per heavy atom. The fourth-order valence-electron chi connectivity index (χ4n) is 3.70. The van der Waals surface area contributed by atoms with E-state index in [4.69, 9.17) is 9.26 Å². The molecule has 0 aliphatic heterocycles. The number of nitrogens with zero attached hydrogens (tertiary/aromatic N) is 5. The third kappa shape index (κ3) is 4.08. The molecule has 160 valence electrons. The first kappa shape index (κ1) is 19.9. The van der Waals surface area contributed by atoms with Crippen LogP contribution in [-0.2, 0) is 13.1 Å². The van der Waals surface area contributed by atoms with Crippen molar-refractivity contribution in [2.75, 3.05) is 14.2 Å². The van der Waals surface area contributed by atoms with E-state index in [9.17, 15) is 0 Å². The first-order valence-electron chi connectivity index (χ1n) is 10.2. The van der Waals surface area contributed by atoms with Crippen molar-refractivity contribution in [2.45, 2.75) is 13.1 Å². The van der Waals surface area contributed by atoms with Crippen molar-refractivity contribution in [3.8, 4) is 28.4 Å². The summed E-state index contributed by atoms with van der Waals surface area (Å²) in [6.45, 7) is 1.20. The van der Waals surface area contributed by atoms with Crippen LogP contribution in [0, 0.1) is 0 Å². The highest BCUT2D eigenvalue weighted by molar-refractivity contribution is 5.88. The van der Waals surface area contributed by atoms with Crippen LogP contribution in [0.15, 0.2) is 71.6 Å². The molecule has 0 amide bonds. The lowest BCUT2D eigenvalue weighted by Gasteiger charge is -2.14. The van der Waals surface area contributed by atoms with Crippen LogP contribution in [-0.4, -0.2) is 44.4 Å². The second-order valence-electron chi connectivity index (χ2n) is 7.62. The molecule has 1 N–H and O–H groups in total. The van der Waals surface area contributed by atoms with Crippen molar-refractivity contribution in [1.82, 2.24) is 30.2 Å². The number of rotatable bonds is 7. The van der Waals surface area contributed by atoms with Gasteiger partial charge in [0.05, 0.1) is 25.5 Å². The molecule has 8 heteroatoms. The average Bonchev–Trinajstić information content (AvgIpc) is 3.48. The van der Waals surface area contributed by atoms with Crippen LogP contribution in [0.1, 0.15) is 11.5 Å². The molecule has 8 nitrogen and oxygen atoms in total. The molecule has 0 fully saturated rings. The predicted molar refractivity (Wildman–Crippen MR) is 121 cm³/mol. The Morgan fingerprint density at radius 3 is 2.72 bits per heavy atom. The lowest BCUT2D eigenvalue weighted by atomic mass is 10.0. The topological polar surface area (TPSA) is 93.0 Å². The van der Waals surface area contributed by atoms with E-state index in [1.165, 1.54) is 0 Å². The minimum atomic E-state index is 0.523. The van der Waals surface area contributed by atoms with Crippen molar-refractivity contribution in [2.24, 2.45) is 0 Å². The molecule has 2 aromatic carbocycles. The van der Waals surface area contributed by atoms with Gasteiger partial charge in [-0.15, -0.1) is 0 Å². The smallest absolute Gasteiger partial charge is 0.241 e. The Balaban J connectivity index is 1.32. The molecule has 5 rings (SSSR count). The Bertz CT molecular complexity index is 1350. The van der Waals surface area contributed by atoms with Gasteiger partial charge in [0.15, 0.2) is 0 Å². The zero-order valence-electron chi connectivity index (χ0n) is 17.8. The molecule has 0 atom stereocenters. The highest BCUT2D eigenvalue weighted by Gasteiger charge is 2.14. The van der Waals surface area contributed by atoms with E-state index in [-0.39, 0.29) is 0 Å². The average molecular weight is 426 g/mol. The second-order valence-corrected chi connectivity index (χ2v) is 7.62. The number of hydrogen-bond donors (Lipinski definition) is 1. The maximum absolute atomic E-state index is 5.43. The molecule has 0 saturated heterocycles. The fourth-order valence-corrected chi connectivity index (χ4v) is 3.70. The summed E-state index contributed by atoms with van der Waals surface area (Å²) in [4.78, 5) is 10.7. The molecule has 0 unspecified atom stereocenters. The molecule has 3 aromatic heterocycles. The van der Waals surface area contributed by atoms with Gasteiger partial charge < -0.3 is 9.26 Å². The highest BCUT2D eigenvalue weighted by Crippen LogP contribution is 2.28. The minimum Gasteiger partial charge on any atom is -0.497 e. The van der Waals surface area contributed by atoms with Gasteiger partial charge in [-0.25, -0.2) is 0 Å². The monoisotopic (exact) mass is 426 g/mol. The van der Waals surface area contributed by atoms with Crippen LogP contribution in [0.2, 0.25) is 0 Å². The lowest BCUT2D eigenvalue weighted by molar-refractivity contribution is 0.261. The lowest BCUT2D eigenvalue weighted by Crippen LogP contribution is -2.17. The molecule has 0 spiro atoms. The summed E-state index contributed by atoms with van der Waals surface area (Å²) in [6, 6.07) is 16.2. The molecule has 3 heterocycles.